The number of benzene rings is 1. The molecular formula is C22H36IN5O2. The average Bonchev–Trinajstić information content (AvgIpc) is 2.78. The van der Waals surface area contributed by atoms with E-state index in [0.717, 1.165) is 71.2 Å². The Kier molecular flexibility index (Phi) is 10.7. The van der Waals surface area contributed by atoms with Gasteiger partial charge in [0.1, 0.15) is 6.54 Å². The lowest BCUT2D eigenvalue weighted by Gasteiger charge is -2.36. The van der Waals surface area contributed by atoms with Crippen molar-refractivity contribution in [1.29, 1.82) is 0 Å². The Morgan fingerprint density at radius 3 is 2.30 bits per heavy atom. The summed E-state index contributed by atoms with van der Waals surface area (Å²) in [6.07, 6.45) is 2.36. The van der Waals surface area contributed by atoms with E-state index in [2.05, 4.69) is 51.3 Å². The number of likely N-dealkylation sites (tertiary alicyclic amines) is 1. The maximum absolute atomic E-state index is 12.7. The van der Waals surface area contributed by atoms with E-state index >= 15 is 0 Å². The number of hydrogen-bond donors (Lipinski definition) is 1. The summed E-state index contributed by atoms with van der Waals surface area (Å²) in [5.41, 5.74) is 1.22. The number of guanidine groups is 1. The van der Waals surface area contributed by atoms with E-state index in [9.17, 15) is 4.79 Å². The van der Waals surface area contributed by atoms with Gasteiger partial charge < -0.3 is 24.8 Å². The molecule has 2 aliphatic heterocycles. The molecular weight excluding hydrogens is 493 g/mol. The fourth-order valence-corrected chi connectivity index (χ4v) is 3.99. The number of anilines is 1. The standard InChI is InChI=1S/C22H35N5O2.HI/c1-3-23-22(27-12-10-20(11-13-27)29-4-2)24-18-21(28)26-16-14-25(15-17-26)19-8-6-5-7-9-19;/h5-9,20H,3-4,10-18H2,1-2H3,(H,23,24);1H. The van der Waals surface area contributed by atoms with Crippen LogP contribution in [0.25, 0.3) is 0 Å². The summed E-state index contributed by atoms with van der Waals surface area (Å²) in [6, 6.07) is 10.4. The minimum Gasteiger partial charge on any atom is -0.378 e. The number of hydrogen-bond acceptors (Lipinski definition) is 4. The second-order valence-electron chi connectivity index (χ2n) is 7.52. The predicted molar refractivity (Wildman–Crippen MR) is 133 cm³/mol. The third-order valence-corrected chi connectivity index (χ3v) is 5.60. The number of piperidine rings is 1. The topological polar surface area (TPSA) is 60.4 Å². The zero-order valence-corrected chi connectivity index (χ0v) is 20.6. The monoisotopic (exact) mass is 529 g/mol. The highest BCUT2D eigenvalue weighted by Crippen LogP contribution is 2.16. The van der Waals surface area contributed by atoms with Crippen LogP contribution in [0.5, 0.6) is 0 Å². The highest BCUT2D eigenvalue weighted by atomic mass is 127. The lowest BCUT2D eigenvalue weighted by atomic mass is 10.1. The molecule has 2 saturated heterocycles. The summed E-state index contributed by atoms with van der Waals surface area (Å²) in [4.78, 5) is 23.9. The number of amides is 1. The van der Waals surface area contributed by atoms with Crippen LogP contribution in [0.2, 0.25) is 0 Å². The molecule has 0 saturated carbocycles. The maximum Gasteiger partial charge on any atom is 0.244 e. The zero-order valence-electron chi connectivity index (χ0n) is 18.3. The highest BCUT2D eigenvalue weighted by Gasteiger charge is 2.23. The van der Waals surface area contributed by atoms with Gasteiger partial charge in [-0.3, -0.25) is 4.79 Å². The van der Waals surface area contributed by atoms with Crippen LogP contribution < -0.4 is 10.2 Å². The molecule has 0 radical (unpaired) electrons. The number of carbonyl (C=O) groups is 1. The molecule has 8 heteroatoms. The predicted octanol–water partition coefficient (Wildman–Crippen LogP) is 2.42. The first kappa shape index (κ1) is 24.7. The molecule has 7 nitrogen and oxygen atoms in total. The highest BCUT2D eigenvalue weighted by molar-refractivity contribution is 14.0. The normalized spacial score (nSPS) is 18.2. The summed E-state index contributed by atoms with van der Waals surface area (Å²) in [5.74, 6) is 0.955. The number of piperazine rings is 1. The second kappa shape index (κ2) is 13.0. The summed E-state index contributed by atoms with van der Waals surface area (Å²) >= 11 is 0. The van der Waals surface area contributed by atoms with Gasteiger partial charge in [-0.15, -0.1) is 24.0 Å². The molecule has 2 fully saturated rings. The van der Waals surface area contributed by atoms with Crippen molar-refractivity contribution in [3.8, 4) is 0 Å². The van der Waals surface area contributed by atoms with Gasteiger partial charge in [0.2, 0.25) is 5.91 Å². The number of carbonyl (C=O) groups excluding carboxylic acids is 1. The molecule has 2 heterocycles. The molecule has 30 heavy (non-hydrogen) atoms. The molecule has 0 aromatic heterocycles. The van der Waals surface area contributed by atoms with E-state index in [-0.39, 0.29) is 36.4 Å². The van der Waals surface area contributed by atoms with Gasteiger partial charge in [-0.1, -0.05) is 18.2 Å². The molecule has 3 rings (SSSR count). The zero-order chi connectivity index (χ0) is 20.5. The molecule has 2 aliphatic rings. The van der Waals surface area contributed by atoms with Gasteiger partial charge >= 0.3 is 0 Å². The summed E-state index contributed by atoms with van der Waals surface area (Å²) in [6.45, 7) is 10.9. The lowest BCUT2D eigenvalue weighted by molar-refractivity contribution is -0.129. The summed E-state index contributed by atoms with van der Waals surface area (Å²) < 4.78 is 5.74. The third kappa shape index (κ3) is 7.01. The van der Waals surface area contributed by atoms with Crippen molar-refractivity contribution < 1.29 is 9.53 Å². The van der Waals surface area contributed by atoms with Gasteiger partial charge in [0.15, 0.2) is 5.96 Å². The number of rotatable bonds is 6. The van der Waals surface area contributed by atoms with Crippen molar-refractivity contribution >= 4 is 41.5 Å². The van der Waals surface area contributed by atoms with Crippen LogP contribution in [0, 0.1) is 0 Å². The summed E-state index contributed by atoms with van der Waals surface area (Å²) in [7, 11) is 0. The minimum absolute atomic E-state index is 0. The van der Waals surface area contributed by atoms with Crippen LogP contribution in [0.1, 0.15) is 26.7 Å². The molecule has 1 amide bonds. The van der Waals surface area contributed by atoms with Crippen LogP contribution in [0.4, 0.5) is 5.69 Å². The quantitative estimate of drug-likeness (QED) is 0.349. The maximum atomic E-state index is 12.7. The Morgan fingerprint density at radius 2 is 1.70 bits per heavy atom. The van der Waals surface area contributed by atoms with Crippen molar-refractivity contribution in [2.75, 3.05) is 63.9 Å². The third-order valence-electron chi connectivity index (χ3n) is 5.60. The smallest absolute Gasteiger partial charge is 0.244 e. The first-order valence-electron chi connectivity index (χ1n) is 10.9. The fraction of sp³-hybridized carbons (Fsp3) is 0.636. The Balaban J connectivity index is 0.00000320. The molecule has 0 spiro atoms. The Labute approximate surface area is 197 Å². The average molecular weight is 529 g/mol. The van der Waals surface area contributed by atoms with E-state index < -0.39 is 0 Å². The molecule has 0 unspecified atom stereocenters. The Bertz CT molecular complexity index is 657. The number of nitrogens with one attached hydrogen (secondary N) is 1. The number of ether oxygens (including phenoxy) is 1. The molecule has 1 aromatic rings. The second-order valence-corrected chi connectivity index (χ2v) is 7.52. The molecule has 1 N–H and O–H groups in total. The van der Waals surface area contributed by atoms with Crippen LogP contribution in [0.3, 0.4) is 0 Å². The van der Waals surface area contributed by atoms with Crippen molar-refractivity contribution in [2.45, 2.75) is 32.8 Å². The van der Waals surface area contributed by atoms with Crippen LogP contribution in [-0.4, -0.2) is 86.7 Å². The van der Waals surface area contributed by atoms with Crippen molar-refractivity contribution in [3.05, 3.63) is 30.3 Å². The molecule has 0 atom stereocenters. The van der Waals surface area contributed by atoms with E-state index in [1.54, 1.807) is 0 Å². The van der Waals surface area contributed by atoms with Gasteiger partial charge in [-0.05, 0) is 38.8 Å². The van der Waals surface area contributed by atoms with Crippen LogP contribution in [-0.2, 0) is 9.53 Å². The Morgan fingerprint density at radius 1 is 1.03 bits per heavy atom. The fourth-order valence-electron chi connectivity index (χ4n) is 3.99. The van der Waals surface area contributed by atoms with E-state index in [1.165, 1.54) is 5.69 Å². The molecule has 1 aromatic carbocycles. The number of para-hydroxylation sites is 1. The number of aliphatic imine (C=N–C) groups is 1. The molecule has 0 bridgehead atoms. The van der Waals surface area contributed by atoms with Gasteiger partial charge in [0.25, 0.3) is 0 Å². The van der Waals surface area contributed by atoms with Gasteiger partial charge in [0.05, 0.1) is 6.10 Å². The number of nitrogens with zero attached hydrogens (tertiary/aromatic N) is 4. The number of halogens is 1. The van der Waals surface area contributed by atoms with Crippen LogP contribution >= 0.6 is 24.0 Å². The van der Waals surface area contributed by atoms with E-state index in [1.807, 2.05) is 17.9 Å². The van der Waals surface area contributed by atoms with Gasteiger partial charge in [0, 0.05) is 58.1 Å². The van der Waals surface area contributed by atoms with Gasteiger partial charge in [-0.2, -0.15) is 0 Å². The molecule has 168 valence electrons. The van der Waals surface area contributed by atoms with Crippen molar-refractivity contribution in [2.24, 2.45) is 4.99 Å². The van der Waals surface area contributed by atoms with E-state index in [4.69, 9.17) is 4.74 Å². The van der Waals surface area contributed by atoms with E-state index in [0.29, 0.717) is 6.10 Å². The molecule has 0 aliphatic carbocycles. The van der Waals surface area contributed by atoms with Crippen molar-refractivity contribution in [1.82, 2.24) is 15.1 Å². The lowest BCUT2D eigenvalue weighted by Crippen LogP contribution is -2.50. The minimum atomic E-state index is 0. The van der Waals surface area contributed by atoms with Gasteiger partial charge in [-0.25, -0.2) is 4.99 Å². The first-order chi connectivity index (χ1) is 14.2. The summed E-state index contributed by atoms with van der Waals surface area (Å²) in [5, 5.41) is 3.34. The van der Waals surface area contributed by atoms with Crippen molar-refractivity contribution in [3.63, 3.8) is 0 Å². The van der Waals surface area contributed by atoms with Crippen LogP contribution in [0.15, 0.2) is 35.3 Å². The first-order valence-corrected chi connectivity index (χ1v) is 10.9. The Hall–Kier alpha value is -1.55. The largest absolute Gasteiger partial charge is 0.378 e. The SMILES string of the molecule is CCNC(=NCC(=O)N1CCN(c2ccccc2)CC1)N1CCC(OCC)CC1.I.